The number of imide groups is 1. The Morgan fingerprint density at radius 1 is 1.21 bits per heavy atom. The number of hydrogen-bond donors (Lipinski definition) is 1. The number of nitrogens with one attached hydrogen (secondary N) is 1. The summed E-state index contributed by atoms with van der Waals surface area (Å²) >= 11 is 6.47. The number of furan rings is 1. The molecule has 0 saturated carbocycles. The second-order valence-electron chi connectivity index (χ2n) is 5.81. The number of ether oxygens (including phenoxy) is 2. The van der Waals surface area contributed by atoms with Crippen LogP contribution in [0.25, 0.3) is 6.08 Å². The smallest absolute Gasteiger partial charge is 0.293 e. The molecule has 2 aliphatic rings. The topological polar surface area (TPSA) is 98.1 Å². The Morgan fingerprint density at radius 2 is 2.04 bits per heavy atom. The summed E-state index contributed by atoms with van der Waals surface area (Å²) in [4.78, 5) is 38.0. The molecule has 1 aromatic carbocycles. The minimum atomic E-state index is -0.477. The summed E-state index contributed by atoms with van der Waals surface area (Å²) in [6, 6.07) is 8.15. The fourth-order valence-electron chi connectivity index (χ4n) is 2.65. The zero-order valence-electron chi connectivity index (χ0n) is 14.3. The quantitative estimate of drug-likeness (QED) is 0.742. The minimum absolute atomic E-state index is 0.0450. The van der Waals surface area contributed by atoms with E-state index in [1.165, 1.54) is 12.1 Å². The number of rotatable bonds is 5. The van der Waals surface area contributed by atoms with Crippen molar-refractivity contribution in [3.05, 3.63) is 51.8 Å². The van der Waals surface area contributed by atoms with Crippen LogP contribution in [0.1, 0.15) is 16.1 Å². The van der Waals surface area contributed by atoms with E-state index in [1.54, 1.807) is 24.3 Å². The first kappa shape index (κ1) is 18.5. The molecular formula is C18H13ClN2O6S. The Morgan fingerprint density at radius 3 is 2.82 bits per heavy atom. The number of fused-ring (bicyclic) bond motifs is 1. The zero-order chi connectivity index (χ0) is 19.7. The molecule has 28 heavy (non-hydrogen) atoms. The molecule has 0 unspecified atom stereocenters. The van der Waals surface area contributed by atoms with Gasteiger partial charge < -0.3 is 19.2 Å². The molecule has 144 valence electrons. The van der Waals surface area contributed by atoms with Gasteiger partial charge in [0.25, 0.3) is 17.1 Å². The van der Waals surface area contributed by atoms with Gasteiger partial charge in [-0.2, -0.15) is 0 Å². The van der Waals surface area contributed by atoms with E-state index in [4.69, 9.17) is 25.5 Å². The Kier molecular flexibility index (Phi) is 5.01. The second-order valence-corrected chi connectivity index (χ2v) is 7.17. The standard InChI is InChI=1S/C18H13ClN2O6S/c19-15-4-3-12(27-15)16(22)20-5-6-21-17(23)14(28-18(21)24)8-10-1-2-11-13(7-10)26-9-25-11/h1-4,7-8H,5-6,9H2,(H,20,22)/b14-8-. The fraction of sp³-hybridized carbons (Fsp3) is 0.167. The van der Waals surface area contributed by atoms with Crippen molar-refractivity contribution in [2.45, 2.75) is 0 Å². The summed E-state index contributed by atoms with van der Waals surface area (Å²) in [6.45, 7) is 0.293. The molecule has 0 atom stereocenters. The largest absolute Gasteiger partial charge is 0.454 e. The molecule has 0 bridgehead atoms. The van der Waals surface area contributed by atoms with Crippen molar-refractivity contribution in [3.63, 3.8) is 0 Å². The van der Waals surface area contributed by atoms with Crippen LogP contribution in [-0.2, 0) is 4.79 Å². The lowest BCUT2D eigenvalue weighted by Crippen LogP contribution is -2.37. The first-order chi connectivity index (χ1) is 13.5. The third-order valence-electron chi connectivity index (χ3n) is 3.99. The SMILES string of the molecule is O=C(NCCN1C(=O)S/C(=C\c2ccc3c(c2)OCO3)C1=O)c1ccc(Cl)o1. The van der Waals surface area contributed by atoms with Crippen LogP contribution in [0.15, 0.2) is 39.7 Å². The van der Waals surface area contributed by atoms with E-state index in [0.717, 1.165) is 22.2 Å². The molecule has 1 saturated heterocycles. The van der Waals surface area contributed by atoms with Gasteiger partial charge in [0, 0.05) is 13.1 Å². The molecule has 1 fully saturated rings. The van der Waals surface area contributed by atoms with Crippen molar-refractivity contribution in [1.29, 1.82) is 0 Å². The van der Waals surface area contributed by atoms with E-state index >= 15 is 0 Å². The molecule has 0 spiro atoms. The summed E-state index contributed by atoms with van der Waals surface area (Å²) in [5.74, 6) is 0.395. The van der Waals surface area contributed by atoms with E-state index in [1.807, 2.05) is 0 Å². The van der Waals surface area contributed by atoms with Gasteiger partial charge in [-0.05, 0) is 59.3 Å². The monoisotopic (exact) mass is 420 g/mol. The summed E-state index contributed by atoms with van der Waals surface area (Å²) in [6.07, 6.45) is 1.62. The number of benzene rings is 1. The predicted octanol–water partition coefficient (Wildman–Crippen LogP) is 3.13. The van der Waals surface area contributed by atoms with Crippen molar-refractivity contribution < 1.29 is 28.3 Å². The molecule has 10 heteroatoms. The molecule has 8 nitrogen and oxygen atoms in total. The molecule has 4 rings (SSSR count). The highest BCUT2D eigenvalue weighted by Crippen LogP contribution is 2.36. The minimum Gasteiger partial charge on any atom is -0.454 e. The number of nitrogens with zero attached hydrogens (tertiary/aromatic N) is 1. The molecule has 2 aliphatic heterocycles. The van der Waals surface area contributed by atoms with Crippen molar-refractivity contribution in [2.75, 3.05) is 19.9 Å². The van der Waals surface area contributed by atoms with Crippen LogP contribution < -0.4 is 14.8 Å². The van der Waals surface area contributed by atoms with Crippen LogP contribution in [0.4, 0.5) is 4.79 Å². The Bertz CT molecular complexity index is 1000. The van der Waals surface area contributed by atoms with Gasteiger partial charge in [-0.25, -0.2) is 0 Å². The maximum atomic E-state index is 12.5. The first-order valence-corrected chi connectivity index (χ1v) is 9.39. The average Bonchev–Trinajstić information content (AvgIpc) is 3.37. The summed E-state index contributed by atoms with van der Waals surface area (Å²) < 4.78 is 15.6. The highest BCUT2D eigenvalue weighted by atomic mass is 35.5. The lowest BCUT2D eigenvalue weighted by Gasteiger charge is -2.12. The van der Waals surface area contributed by atoms with Crippen molar-refractivity contribution in [2.24, 2.45) is 0 Å². The normalized spacial score (nSPS) is 16.9. The molecule has 2 aromatic rings. The highest BCUT2D eigenvalue weighted by molar-refractivity contribution is 8.18. The number of carbonyl (C=O) groups excluding carboxylic acids is 3. The lowest BCUT2D eigenvalue weighted by atomic mass is 10.2. The number of carbonyl (C=O) groups is 3. The van der Waals surface area contributed by atoms with Gasteiger partial charge in [0.1, 0.15) is 0 Å². The van der Waals surface area contributed by atoms with E-state index in [-0.39, 0.29) is 30.9 Å². The van der Waals surface area contributed by atoms with Crippen LogP contribution in [0.5, 0.6) is 11.5 Å². The van der Waals surface area contributed by atoms with Crippen molar-refractivity contribution >= 4 is 46.5 Å². The van der Waals surface area contributed by atoms with Crippen molar-refractivity contribution in [1.82, 2.24) is 10.2 Å². The number of halogens is 1. The van der Waals surface area contributed by atoms with Crippen LogP contribution in [0.2, 0.25) is 5.22 Å². The van der Waals surface area contributed by atoms with E-state index in [0.29, 0.717) is 16.4 Å². The molecule has 0 radical (unpaired) electrons. The van der Waals surface area contributed by atoms with Gasteiger partial charge >= 0.3 is 0 Å². The van der Waals surface area contributed by atoms with Gasteiger partial charge in [-0.1, -0.05) is 6.07 Å². The number of amides is 3. The summed E-state index contributed by atoms with van der Waals surface area (Å²) in [5, 5.41) is 2.28. The average molecular weight is 421 g/mol. The third kappa shape index (κ3) is 3.71. The summed E-state index contributed by atoms with van der Waals surface area (Å²) in [5.41, 5.74) is 0.720. The zero-order valence-corrected chi connectivity index (χ0v) is 15.8. The fourth-order valence-corrected chi connectivity index (χ4v) is 3.66. The molecular weight excluding hydrogens is 408 g/mol. The second kappa shape index (κ2) is 7.61. The maximum Gasteiger partial charge on any atom is 0.293 e. The van der Waals surface area contributed by atoms with Gasteiger partial charge in [0.2, 0.25) is 6.79 Å². The van der Waals surface area contributed by atoms with E-state index < -0.39 is 17.1 Å². The predicted molar refractivity (Wildman–Crippen MR) is 101 cm³/mol. The molecule has 1 N–H and O–H groups in total. The molecule has 3 amide bonds. The first-order valence-electron chi connectivity index (χ1n) is 8.20. The Hall–Kier alpha value is -2.91. The van der Waals surface area contributed by atoms with Gasteiger partial charge in [-0.3, -0.25) is 19.3 Å². The van der Waals surface area contributed by atoms with Gasteiger partial charge in [0.15, 0.2) is 22.5 Å². The molecule has 1 aromatic heterocycles. The van der Waals surface area contributed by atoms with Crippen LogP contribution >= 0.6 is 23.4 Å². The number of hydrogen-bond acceptors (Lipinski definition) is 7. The van der Waals surface area contributed by atoms with Gasteiger partial charge in [-0.15, -0.1) is 0 Å². The van der Waals surface area contributed by atoms with Crippen LogP contribution in [0.3, 0.4) is 0 Å². The summed E-state index contributed by atoms with van der Waals surface area (Å²) in [7, 11) is 0. The third-order valence-corrected chi connectivity index (χ3v) is 5.10. The Balaban J connectivity index is 1.38. The number of thioether (sulfide) groups is 1. The molecule has 3 heterocycles. The van der Waals surface area contributed by atoms with Crippen LogP contribution in [-0.4, -0.2) is 41.8 Å². The maximum absolute atomic E-state index is 12.5. The van der Waals surface area contributed by atoms with E-state index in [9.17, 15) is 14.4 Å². The molecule has 0 aliphatic carbocycles. The van der Waals surface area contributed by atoms with Gasteiger partial charge in [0.05, 0.1) is 4.91 Å². The van der Waals surface area contributed by atoms with Crippen LogP contribution in [0, 0.1) is 0 Å². The lowest BCUT2D eigenvalue weighted by molar-refractivity contribution is -0.122. The van der Waals surface area contributed by atoms with E-state index in [2.05, 4.69) is 5.32 Å². The highest BCUT2D eigenvalue weighted by Gasteiger charge is 2.34. The Labute approximate surface area is 168 Å². The van der Waals surface area contributed by atoms with Crippen molar-refractivity contribution in [3.8, 4) is 11.5 Å².